The van der Waals surface area contributed by atoms with Crippen LogP contribution in [0.1, 0.15) is 18.1 Å². The van der Waals surface area contributed by atoms with Crippen LogP contribution in [0.15, 0.2) is 24.3 Å². The maximum absolute atomic E-state index is 12.3. The van der Waals surface area contributed by atoms with Crippen LogP contribution in [0.4, 0.5) is 13.2 Å². The van der Waals surface area contributed by atoms with Crippen LogP contribution in [0, 0.1) is 11.8 Å². The van der Waals surface area contributed by atoms with Crippen LogP contribution in [0.2, 0.25) is 0 Å². The highest BCUT2D eigenvalue weighted by Crippen LogP contribution is 2.28. The van der Waals surface area contributed by atoms with E-state index in [1.165, 1.54) is 12.1 Å². The van der Waals surface area contributed by atoms with Crippen LogP contribution >= 0.6 is 11.6 Å². The first-order chi connectivity index (χ1) is 8.82. The monoisotopic (exact) mass is 290 g/mol. The van der Waals surface area contributed by atoms with E-state index in [2.05, 4.69) is 11.8 Å². The molecule has 0 amide bonds. The molecule has 19 heavy (non-hydrogen) atoms. The van der Waals surface area contributed by atoms with E-state index < -0.39 is 23.8 Å². The van der Waals surface area contributed by atoms with Gasteiger partial charge in [-0.15, -0.1) is 11.6 Å². The average molecular weight is 291 g/mol. The fraction of sp³-hybridized carbons (Fsp3) is 0.308. The lowest BCUT2D eigenvalue weighted by Gasteiger charge is -2.06. The number of esters is 1. The lowest BCUT2D eigenvalue weighted by atomic mass is 10.1. The van der Waals surface area contributed by atoms with Gasteiger partial charge >= 0.3 is 12.1 Å². The molecule has 0 saturated carbocycles. The molecule has 0 aromatic heterocycles. The van der Waals surface area contributed by atoms with Crippen LogP contribution < -0.4 is 0 Å². The summed E-state index contributed by atoms with van der Waals surface area (Å²) in [5, 5.41) is 0. The van der Waals surface area contributed by atoms with Crippen molar-refractivity contribution in [1.82, 2.24) is 0 Å². The van der Waals surface area contributed by atoms with E-state index in [0.717, 1.165) is 12.1 Å². The lowest BCUT2D eigenvalue weighted by Crippen LogP contribution is -2.13. The Hall–Kier alpha value is -1.67. The quantitative estimate of drug-likeness (QED) is 0.475. The number of rotatable bonds is 2. The maximum atomic E-state index is 12.3. The summed E-state index contributed by atoms with van der Waals surface area (Å²) in [7, 11) is 0. The normalized spacial score (nSPS) is 12.3. The van der Waals surface area contributed by atoms with Gasteiger partial charge in [-0.1, -0.05) is 11.8 Å². The molecule has 1 unspecified atom stereocenters. The van der Waals surface area contributed by atoms with Crippen LogP contribution in [-0.2, 0) is 15.7 Å². The van der Waals surface area contributed by atoms with Crippen LogP contribution in [0.3, 0.4) is 0 Å². The molecule has 0 N–H and O–H groups in total. The van der Waals surface area contributed by atoms with Crippen molar-refractivity contribution in [2.75, 3.05) is 5.88 Å². The predicted octanol–water partition coefficient (Wildman–Crippen LogP) is 3.23. The number of carbonyl (C=O) groups excluding carboxylic acids is 1. The van der Waals surface area contributed by atoms with E-state index in [1.54, 1.807) is 6.92 Å². The third-order valence-corrected chi connectivity index (χ3v) is 2.27. The van der Waals surface area contributed by atoms with Crippen LogP contribution in [0.5, 0.6) is 0 Å². The Bertz CT molecular complexity index is 497. The van der Waals surface area contributed by atoms with Gasteiger partial charge in [0.15, 0.2) is 6.10 Å². The first-order valence-electron chi connectivity index (χ1n) is 5.27. The lowest BCUT2D eigenvalue weighted by molar-refractivity contribution is -0.142. The van der Waals surface area contributed by atoms with Gasteiger partial charge < -0.3 is 4.74 Å². The van der Waals surface area contributed by atoms with Gasteiger partial charge in [0, 0.05) is 5.56 Å². The molecule has 0 heterocycles. The van der Waals surface area contributed by atoms with Gasteiger partial charge in [-0.3, -0.25) is 4.79 Å². The second kappa shape index (κ2) is 6.48. The highest BCUT2D eigenvalue weighted by Gasteiger charge is 2.29. The molecule has 0 bridgehead atoms. The van der Waals surface area contributed by atoms with Gasteiger partial charge in [0.2, 0.25) is 0 Å². The third-order valence-electron chi connectivity index (χ3n) is 2.05. The Morgan fingerprint density at radius 2 is 1.95 bits per heavy atom. The third kappa shape index (κ3) is 5.23. The number of alkyl halides is 4. The van der Waals surface area contributed by atoms with Gasteiger partial charge in [-0.25, -0.2) is 0 Å². The summed E-state index contributed by atoms with van der Waals surface area (Å²) in [6.45, 7) is 1.54. The Kier molecular flexibility index (Phi) is 5.25. The molecule has 0 radical (unpaired) electrons. The SMILES string of the molecule is CC(C#Cc1ccc(C(F)(F)F)cc1)OC(=O)CCl. The first kappa shape index (κ1) is 15.4. The van der Waals surface area contributed by atoms with Crippen molar-refractivity contribution in [2.45, 2.75) is 19.2 Å². The van der Waals surface area contributed by atoms with Crippen molar-refractivity contribution < 1.29 is 22.7 Å². The summed E-state index contributed by atoms with van der Waals surface area (Å²) < 4.78 is 41.7. The van der Waals surface area contributed by atoms with Crippen LogP contribution in [-0.4, -0.2) is 18.0 Å². The molecule has 0 aliphatic rings. The Balaban J connectivity index is 2.71. The molecule has 0 saturated heterocycles. The topological polar surface area (TPSA) is 26.3 Å². The molecule has 2 nitrogen and oxygen atoms in total. The Morgan fingerprint density at radius 3 is 2.42 bits per heavy atom. The second-order valence-electron chi connectivity index (χ2n) is 3.61. The zero-order valence-electron chi connectivity index (χ0n) is 9.92. The van der Waals surface area contributed by atoms with Crippen molar-refractivity contribution in [3.05, 3.63) is 35.4 Å². The summed E-state index contributed by atoms with van der Waals surface area (Å²) in [6.07, 6.45) is -5.04. The minimum Gasteiger partial charge on any atom is -0.449 e. The molecule has 102 valence electrons. The minimum atomic E-state index is -4.37. The fourth-order valence-electron chi connectivity index (χ4n) is 1.19. The molecule has 6 heteroatoms. The molecular weight excluding hydrogens is 281 g/mol. The zero-order valence-corrected chi connectivity index (χ0v) is 10.7. The molecule has 0 aliphatic heterocycles. The van der Waals surface area contributed by atoms with Crippen molar-refractivity contribution in [2.24, 2.45) is 0 Å². The average Bonchev–Trinajstić information content (AvgIpc) is 2.35. The Labute approximate surface area is 113 Å². The van der Waals surface area contributed by atoms with Gasteiger partial charge in [0.25, 0.3) is 0 Å². The summed E-state index contributed by atoms with van der Waals surface area (Å²) in [5.74, 6) is 4.33. The standard InChI is InChI=1S/C13H10ClF3O2/c1-9(19-12(18)8-14)2-3-10-4-6-11(7-5-10)13(15,16)17/h4-7,9H,8H2,1H3. The van der Waals surface area contributed by atoms with Crippen LogP contribution in [0.25, 0.3) is 0 Å². The number of benzene rings is 1. The fourth-order valence-corrected chi connectivity index (χ4v) is 1.25. The van der Waals surface area contributed by atoms with Crippen molar-refractivity contribution in [3.63, 3.8) is 0 Å². The number of hydrogen-bond donors (Lipinski definition) is 0. The number of carbonyl (C=O) groups is 1. The van der Waals surface area contributed by atoms with E-state index >= 15 is 0 Å². The summed E-state index contributed by atoms with van der Waals surface area (Å²) >= 11 is 5.24. The smallest absolute Gasteiger partial charge is 0.416 e. The van der Waals surface area contributed by atoms with Gasteiger partial charge in [-0.2, -0.15) is 13.2 Å². The van der Waals surface area contributed by atoms with Crippen molar-refractivity contribution in [3.8, 4) is 11.8 Å². The predicted molar refractivity (Wildman–Crippen MR) is 64.6 cm³/mol. The number of hydrogen-bond acceptors (Lipinski definition) is 2. The molecule has 1 rings (SSSR count). The molecule has 0 aliphatic carbocycles. The van der Waals surface area contributed by atoms with Gasteiger partial charge in [-0.05, 0) is 31.2 Å². The molecule has 1 atom stereocenters. The zero-order chi connectivity index (χ0) is 14.5. The van der Waals surface area contributed by atoms with Gasteiger partial charge in [0.05, 0.1) is 5.56 Å². The van der Waals surface area contributed by atoms with E-state index in [1.807, 2.05) is 0 Å². The highest BCUT2D eigenvalue weighted by atomic mass is 35.5. The summed E-state index contributed by atoms with van der Waals surface area (Å²) in [5.41, 5.74) is -0.332. The van der Waals surface area contributed by atoms with Gasteiger partial charge in [0.1, 0.15) is 5.88 Å². The number of halogens is 4. The molecule has 1 aromatic rings. The molecule has 0 spiro atoms. The minimum absolute atomic E-state index is 0.272. The van der Waals surface area contributed by atoms with Crippen molar-refractivity contribution >= 4 is 17.6 Å². The highest BCUT2D eigenvalue weighted by molar-refractivity contribution is 6.26. The molecule has 0 fully saturated rings. The summed E-state index contributed by atoms with van der Waals surface area (Å²) in [6, 6.07) is 4.40. The maximum Gasteiger partial charge on any atom is 0.416 e. The first-order valence-corrected chi connectivity index (χ1v) is 5.80. The largest absolute Gasteiger partial charge is 0.449 e. The van der Waals surface area contributed by atoms with E-state index in [4.69, 9.17) is 16.3 Å². The molecule has 1 aromatic carbocycles. The number of ether oxygens (including phenoxy) is 1. The summed E-state index contributed by atoms with van der Waals surface area (Å²) in [4.78, 5) is 10.8. The second-order valence-corrected chi connectivity index (χ2v) is 3.88. The van der Waals surface area contributed by atoms with E-state index in [9.17, 15) is 18.0 Å². The molecular formula is C13H10ClF3O2. The van der Waals surface area contributed by atoms with Crippen molar-refractivity contribution in [1.29, 1.82) is 0 Å². The Morgan fingerprint density at radius 1 is 1.37 bits per heavy atom. The van der Waals surface area contributed by atoms with E-state index in [-0.39, 0.29) is 5.88 Å². The van der Waals surface area contributed by atoms with E-state index in [0.29, 0.717) is 5.56 Å².